The van der Waals surface area contributed by atoms with Crippen molar-refractivity contribution in [3.05, 3.63) is 22.4 Å². The Kier molecular flexibility index (Phi) is 3.75. The third-order valence-corrected chi connectivity index (χ3v) is 3.64. The monoisotopic (exact) mass is 253 g/mol. The van der Waals surface area contributed by atoms with Gasteiger partial charge in [0.05, 0.1) is 6.54 Å². The van der Waals surface area contributed by atoms with Gasteiger partial charge in [0, 0.05) is 18.0 Å². The van der Waals surface area contributed by atoms with Gasteiger partial charge >= 0.3 is 0 Å². The number of hydrogen-bond donors (Lipinski definition) is 2. The second-order valence-corrected chi connectivity index (χ2v) is 4.94. The highest BCUT2D eigenvalue weighted by Gasteiger charge is 2.25. The van der Waals surface area contributed by atoms with Gasteiger partial charge in [0.1, 0.15) is 6.04 Å². The molecule has 1 fully saturated rings. The molecule has 1 aliphatic rings. The van der Waals surface area contributed by atoms with Crippen molar-refractivity contribution in [2.24, 2.45) is 5.73 Å². The Labute approximate surface area is 104 Å². The summed E-state index contributed by atoms with van der Waals surface area (Å²) in [5.41, 5.74) is 5.90. The predicted octanol–water partition coefficient (Wildman–Crippen LogP) is 0.0964. The summed E-state index contributed by atoms with van der Waals surface area (Å²) in [5.74, 6) is -0.293. The van der Waals surface area contributed by atoms with Crippen molar-refractivity contribution in [3.63, 3.8) is 0 Å². The second kappa shape index (κ2) is 5.29. The van der Waals surface area contributed by atoms with E-state index < -0.39 is 6.04 Å². The van der Waals surface area contributed by atoms with Crippen molar-refractivity contribution >= 4 is 23.2 Å². The molecule has 5 nitrogen and oxygen atoms in total. The lowest BCUT2D eigenvalue weighted by Crippen LogP contribution is -2.42. The lowest BCUT2D eigenvalue weighted by molar-refractivity contribution is -0.136. The van der Waals surface area contributed by atoms with E-state index in [0.29, 0.717) is 13.1 Å². The first kappa shape index (κ1) is 12.1. The van der Waals surface area contributed by atoms with Gasteiger partial charge in [0.2, 0.25) is 11.8 Å². The number of carbonyl (C=O) groups excluding carboxylic acids is 2. The molecular formula is C11H15N3O2S. The predicted molar refractivity (Wildman–Crippen MR) is 65.5 cm³/mol. The lowest BCUT2D eigenvalue weighted by Gasteiger charge is -2.22. The molecular weight excluding hydrogens is 238 g/mol. The maximum atomic E-state index is 12.1. The maximum absolute atomic E-state index is 12.1. The van der Waals surface area contributed by atoms with Gasteiger partial charge in [0.15, 0.2) is 0 Å². The third-order valence-electron chi connectivity index (χ3n) is 2.69. The maximum Gasteiger partial charge on any atom is 0.245 e. The standard InChI is InChI=1S/C11H15N3O2S/c12-10(8-3-1-6-17-8)11(16)14-5-2-4-13-9(15)7-14/h1,3,6,10H,2,4-5,7,12H2,(H,13,15). The molecule has 1 aliphatic heterocycles. The molecule has 2 rings (SSSR count). The van der Waals surface area contributed by atoms with Gasteiger partial charge in [0.25, 0.3) is 0 Å². The summed E-state index contributed by atoms with van der Waals surface area (Å²) in [4.78, 5) is 25.9. The molecule has 1 unspecified atom stereocenters. The van der Waals surface area contributed by atoms with E-state index >= 15 is 0 Å². The van der Waals surface area contributed by atoms with Crippen LogP contribution in [-0.4, -0.2) is 36.3 Å². The minimum Gasteiger partial charge on any atom is -0.354 e. The normalized spacial score (nSPS) is 18.4. The zero-order valence-electron chi connectivity index (χ0n) is 9.39. The Balaban J connectivity index is 2.05. The topological polar surface area (TPSA) is 75.4 Å². The number of nitrogens with two attached hydrogens (primary N) is 1. The number of amides is 2. The van der Waals surface area contributed by atoms with E-state index in [4.69, 9.17) is 5.73 Å². The summed E-state index contributed by atoms with van der Waals surface area (Å²) in [6.45, 7) is 1.31. The lowest BCUT2D eigenvalue weighted by atomic mass is 10.2. The number of thiophene rings is 1. The Bertz CT molecular complexity index is 405. The average molecular weight is 253 g/mol. The first-order chi connectivity index (χ1) is 8.18. The van der Waals surface area contributed by atoms with Gasteiger partial charge in [-0.15, -0.1) is 11.3 Å². The van der Waals surface area contributed by atoms with Gasteiger partial charge in [-0.1, -0.05) is 6.07 Å². The first-order valence-corrected chi connectivity index (χ1v) is 6.41. The summed E-state index contributed by atoms with van der Waals surface area (Å²) in [6.07, 6.45) is 0.772. The van der Waals surface area contributed by atoms with Crippen LogP contribution in [0.4, 0.5) is 0 Å². The van der Waals surface area contributed by atoms with Crippen molar-refractivity contribution in [1.29, 1.82) is 0 Å². The quantitative estimate of drug-likeness (QED) is 0.784. The minimum atomic E-state index is -0.652. The number of carbonyl (C=O) groups is 2. The first-order valence-electron chi connectivity index (χ1n) is 5.53. The summed E-state index contributed by atoms with van der Waals surface area (Å²) in [6, 6.07) is 3.05. The van der Waals surface area contributed by atoms with E-state index in [1.54, 1.807) is 0 Å². The summed E-state index contributed by atoms with van der Waals surface area (Å²) < 4.78 is 0. The number of nitrogens with one attached hydrogen (secondary N) is 1. The van der Waals surface area contributed by atoms with Crippen LogP contribution in [0.3, 0.4) is 0 Å². The van der Waals surface area contributed by atoms with E-state index in [-0.39, 0.29) is 18.4 Å². The molecule has 3 N–H and O–H groups in total. The molecule has 1 atom stereocenters. The van der Waals surface area contributed by atoms with Crippen LogP contribution in [0.15, 0.2) is 17.5 Å². The summed E-state index contributed by atoms with van der Waals surface area (Å²) in [5, 5.41) is 4.62. The molecule has 17 heavy (non-hydrogen) atoms. The zero-order chi connectivity index (χ0) is 12.3. The van der Waals surface area contributed by atoms with Crippen molar-refractivity contribution in [1.82, 2.24) is 10.2 Å². The smallest absolute Gasteiger partial charge is 0.245 e. The highest BCUT2D eigenvalue weighted by Crippen LogP contribution is 2.19. The Morgan fingerprint density at radius 2 is 2.41 bits per heavy atom. The molecule has 2 amide bonds. The molecule has 1 saturated heterocycles. The van der Waals surface area contributed by atoms with Crippen molar-refractivity contribution in [3.8, 4) is 0 Å². The van der Waals surface area contributed by atoms with Crippen LogP contribution in [0, 0.1) is 0 Å². The molecule has 0 saturated carbocycles. The average Bonchev–Trinajstić information content (AvgIpc) is 2.77. The fourth-order valence-corrected chi connectivity index (χ4v) is 2.50. The van der Waals surface area contributed by atoms with Gasteiger partial charge in [-0.25, -0.2) is 0 Å². The molecule has 1 aromatic rings. The van der Waals surface area contributed by atoms with Gasteiger partial charge in [-0.3, -0.25) is 9.59 Å². The molecule has 0 aliphatic carbocycles. The number of hydrogen-bond acceptors (Lipinski definition) is 4. The Morgan fingerprint density at radius 1 is 1.59 bits per heavy atom. The number of rotatable bonds is 2. The molecule has 2 heterocycles. The minimum absolute atomic E-state index is 0.109. The molecule has 1 aromatic heterocycles. The van der Waals surface area contributed by atoms with Crippen LogP contribution in [0.5, 0.6) is 0 Å². The van der Waals surface area contributed by atoms with Crippen LogP contribution in [0.1, 0.15) is 17.3 Å². The zero-order valence-corrected chi connectivity index (χ0v) is 10.2. The van der Waals surface area contributed by atoms with Crippen LogP contribution < -0.4 is 11.1 Å². The molecule has 0 spiro atoms. The SMILES string of the molecule is NC(C(=O)N1CCCNC(=O)C1)c1cccs1. The molecule has 0 bridgehead atoms. The second-order valence-electron chi connectivity index (χ2n) is 3.96. The van der Waals surface area contributed by atoms with Crippen molar-refractivity contribution < 1.29 is 9.59 Å². The van der Waals surface area contributed by atoms with Crippen molar-refractivity contribution in [2.75, 3.05) is 19.6 Å². The largest absolute Gasteiger partial charge is 0.354 e. The van der Waals surface area contributed by atoms with E-state index in [0.717, 1.165) is 11.3 Å². The van der Waals surface area contributed by atoms with E-state index in [2.05, 4.69) is 5.32 Å². The van der Waals surface area contributed by atoms with Crippen LogP contribution in [0.2, 0.25) is 0 Å². The highest BCUT2D eigenvalue weighted by molar-refractivity contribution is 7.10. The van der Waals surface area contributed by atoms with Gasteiger partial charge in [-0.05, 0) is 17.9 Å². The fraction of sp³-hybridized carbons (Fsp3) is 0.455. The Hall–Kier alpha value is -1.40. The van der Waals surface area contributed by atoms with Crippen LogP contribution >= 0.6 is 11.3 Å². The number of nitrogens with zero attached hydrogens (tertiary/aromatic N) is 1. The fourth-order valence-electron chi connectivity index (χ4n) is 1.78. The summed E-state index contributed by atoms with van der Waals surface area (Å²) >= 11 is 1.46. The molecule has 0 aromatic carbocycles. The van der Waals surface area contributed by atoms with Gasteiger partial charge < -0.3 is 16.0 Å². The van der Waals surface area contributed by atoms with Crippen LogP contribution in [0.25, 0.3) is 0 Å². The van der Waals surface area contributed by atoms with Crippen molar-refractivity contribution in [2.45, 2.75) is 12.5 Å². The molecule has 6 heteroatoms. The van der Waals surface area contributed by atoms with E-state index in [9.17, 15) is 9.59 Å². The summed E-state index contributed by atoms with van der Waals surface area (Å²) in [7, 11) is 0. The van der Waals surface area contributed by atoms with E-state index in [1.807, 2.05) is 17.5 Å². The molecule has 0 radical (unpaired) electrons. The van der Waals surface area contributed by atoms with E-state index in [1.165, 1.54) is 16.2 Å². The molecule has 92 valence electrons. The van der Waals surface area contributed by atoms with Gasteiger partial charge in [-0.2, -0.15) is 0 Å². The third kappa shape index (κ3) is 2.83. The van der Waals surface area contributed by atoms with Crippen LogP contribution in [-0.2, 0) is 9.59 Å². The highest BCUT2D eigenvalue weighted by atomic mass is 32.1. The Morgan fingerprint density at radius 3 is 3.12 bits per heavy atom.